The fraction of sp³-hybridized carbons (Fsp3) is 0.467. The Kier molecular flexibility index (Phi) is 4.76. The van der Waals surface area contributed by atoms with E-state index < -0.39 is 17.5 Å². The van der Waals surface area contributed by atoms with E-state index in [2.05, 4.69) is 6.92 Å². The van der Waals surface area contributed by atoms with Crippen LogP contribution in [0.1, 0.15) is 49.4 Å². The van der Waals surface area contributed by atoms with Crippen LogP contribution in [0.2, 0.25) is 5.02 Å². The van der Waals surface area contributed by atoms with Gasteiger partial charge in [0.05, 0.1) is 16.3 Å². The van der Waals surface area contributed by atoms with Crippen molar-refractivity contribution in [1.29, 1.82) is 0 Å². The number of ketones is 1. The molecule has 1 heterocycles. The molecule has 1 aromatic rings. The molecule has 20 heavy (non-hydrogen) atoms. The number of hydrogen-bond donors (Lipinski definition) is 0. The van der Waals surface area contributed by atoms with Crippen molar-refractivity contribution in [1.82, 2.24) is 0 Å². The van der Waals surface area contributed by atoms with E-state index in [9.17, 15) is 14.0 Å². The quantitative estimate of drug-likeness (QED) is 0.588. The number of rotatable bonds is 6. The third-order valence-corrected chi connectivity index (χ3v) is 3.79. The standard InChI is InChI=1S/C15H17ClFNO2/c1-2-3-4-5-6-7-18-13-9-12(17)11(16)8-10(13)14(19)15(18)20/h8-9H,2-7H2,1H3. The zero-order valence-corrected chi connectivity index (χ0v) is 12.2. The monoisotopic (exact) mass is 297 g/mol. The highest BCUT2D eigenvalue weighted by Crippen LogP contribution is 2.33. The second-order valence-electron chi connectivity index (χ2n) is 4.98. The molecule has 2 rings (SSSR count). The van der Waals surface area contributed by atoms with Gasteiger partial charge in [-0.15, -0.1) is 0 Å². The van der Waals surface area contributed by atoms with Gasteiger partial charge >= 0.3 is 0 Å². The van der Waals surface area contributed by atoms with Gasteiger partial charge in [0.1, 0.15) is 5.82 Å². The fourth-order valence-electron chi connectivity index (χ4n) is 2.38. The molecule has 0 fully saturated rings. The van der Waals surface area contributed by atoms with Crippen molar-refractivity contribution in [2.45, 2.75) is 39.0 Å². The molecule has 0 aromatic heterocycles. The molecule has 0 N–H and O–H groups in total. The van der Waals surface area contributed by atoms with Crippen LogP contribution >= 0.6 is 11.6 Å². The summed E-state index contributed by atoms with van der Waals surface area (Å²) in [5.41, 5.74) is 0.548. The van der Waals surface area contributed by atoms with Crippen LogP contribution < -0.4 is 4.90 Å². The summed E-state index contributed by atoms with van der Waals surface area (Å²) in [6.45, 7) is 2.58. The SMILES string of the molecule is CCCCCCCN1C(=O)C(=O)c2cc(Cl)c(F)cc21. The Morgan fingerprint density at radius 1 is 1.15 bits per heavy atom. The number of carbonyl (C=O) groups is 2. The maximum absolute atomic E-state index is 13.5. The first-order chi connectivity index (χ1) is 9.56. The first-order valence-electron chi connectivity index (χ1n) is 6.91. The molecular weight excluding hydrogens is 281 g/mol. The Morgan fingerprint density at radius 2 is 1.85 bits per heavy atom. The number of amides is 1. The first kappa shape index (κ1) is 15.0. The molecule has 0 saturated carbocycles. The molecule has 0 unspecified atom stereocenters. The van der Waals surface area contributed by atoms with E-state index in [-0.39, 0.29) is 10.6 Å². The minimum atomic E-state index is -0.608. The van der Waals surface area contributed by atoms with Crippen molar-refractivity contribution in [3.05, 3.63) is 28.5 Å². The average Bonchev–Trinajstić information content (AvgIpc) is 2.64. The van der Waals surface area contributed by atoms with Gasteiger partial charge in [-0.25, -0.2) is 4.39 Å². The zero-order valence-electron chi connectivity index (χ0n) is 11.4. The van der Waals surface area contributed by atoms with Crippen LogP contribution in [0.15, 0.2) is 12.1 Å². The van der Waals surface area contributed by atoms with Crippen molar-refractivity contribution in [2.75, 3.05) is 11.4 Å². The minimum Gasteiger partial charge on any atom is -0.305 e. The lowest BCUT2D eigenvalue weighted by molar-refractivity contribution is -0.114. The van der Waals surface area contributed by atoms with Crippen molar-refractivity contribution in [2.24, 2.45) is 0 Å². The molecule has 1 aliphatic rings. The van der Waals surface area contributed by atoms with Crippen LogP contribution in [0.3, 0.4) is 0 Å². The number of nitrogens with zero attached hydrogens (tertiary/aromatic N) is 1. The van der Waals surface area contributed by atoms with E-state index in [1.54, 1.807) is 0 Å². The Morgan fingerprint density at radius 3 is 2.55 bits per heavy atom. The lowest BCUT2D eigenvalue weighted by atomic mass is 10.1. The molecule has 0 saturated heterocycles. The molecule has 0 bridgehead atoms. The summed E-state index contributed by atoms with van der Waals surface area (Å²) >= 11 is 5.66. The summed E-state index contributed by atoms with van der Waals surface area (Å²) in [5, 5.41) is -0.130. The van der Waals surface area contributed by atoms with Gasteiger partial charge in [0.15, 0.2) is 0 Å². The molecule has 108 valence electrons. The highest BCUT2D eigenvalue weighted by molar-refractivity contribution is 6.52. The summed E-state index contributed by atoms with van der Waals surface area (Å²) in [4.78, 5) is 25.1. The van der Waals surface area contributed by atoms with Crippen LogP contribution in [0.25, 0.3) is 0 Å². The van der Waals surface area contributed by atoms with Crippen LogP contribution in [0.5, 0.6) is 0 Å². The summed E-state index contributed by atoms with van der Waals surface area (Å²) in [7, 11) is 0. The largest absolute Gasteiger partial charge is 0.305 e. The van der Waals surface area contributed by atoms with Crippen molar-refractivity contribution in [3.8, 4) is 0 Å². The van der Waals surface area contributed by atoms with Crippen molar-refractivity contribution >= 4 is 29.0 Å². The second-order valence-corrected chi connectivity index (χ2v) is 5.39. The summed E-state index contributed by atoms with van der Waals surface area (Å²) in [6.07, 6.45) is 5.22. The molecule has 0 aliphatic carbocycles. The van der Waals surface area contributed by atoms with Gasteiger partial charge < -0.3 is 4.90 Å². The highest BCUT2D eigenvalue weighted by Gasteiger charge is 2.36. The second kappa shape index (κ2) is 6.35. The Balaban J connectivity index is 2.10. The number of halogens is 2. The number of carbonyl (C=O) groups excluding carboxylic acids is 2. The first-order valence-corrected chi connectivity index (χ1v) is 7.29. The number of hydrogen-bond acceptors (Lipinski definition) is 2. The third kappa shape index (κ3) is 2.85. The van der Waals surface area contributed by atoms with Crippen LogP contribution in [0, 0.1) is 5.82 Å². The zero-order chi connectivity index (χ0) is 14.7. The van der Waals surface area contributed by atoms with Gasteiger partial charge in [0.2, 0.25) is 0 Å². The molecule has 5 heteroatoms. The number of Topliss-reactive ketones (excluding diaryl/α,β-unsaturated/α-hetero) is 1. The molecule has 0 atom stereocenters. The smallest absolute Gasteiger partial charge is 0.299 e. The van der Waals surface area contributed by atoms with Gasteiger partial charge in [0, 0.05) is 6.54 Å². The van der Waals surface area contributed by atoms with E-state index in [1.807, 2.05) is 0 Å². The van der Waals surface area contributed by atoms with E-state index >= 15 is 0 Å². The topological polar surface area (TPSA) is 37.4 Å². The molecule has 3 nitrogen and oxygen atoms in total. The predicted octanol–water partition coefficient (Wildman–Crippen LogP) is 3.98. The van der Waals surface area contributed by atoms with Gasteiger partial charge in [0.25, 0.3) is 11.7 Å². The number of unbranched alkanes of at least 4 members (excludes halogenated alkanes) is 4. The third-order valence-electron chi connectivity index (χ3n) is 3.50. The van der Waals surface area contributed by atoms with Crippen LogP contribution in [-0.2, 0) is 4.79 Å². The normalized spacial score (nSPS) is 14.1. The van der Waals surface area contributed by atoms with Crippen molar-refractivity contribution < 1.29 is 14.0 Å². The van der Waals surface area contributed by atoms with E-state index in [0.29, 0.717) is 12.2 Å². The molecule has 0 spiro atoms. The van der Waals surface area contributed by atoms with Gasteiger partial charge in [-0.2, -0.15) is 0 Å². The fourth-order valence-corrected chi connectivity index (χ4v) is 2.55. The van der Waals surface area contributed by atoms with E-state index in [0.717, 1.165) is 32.1 Å². The summed E-state index contributed by atoms with van der Waals surface area (Å²) in [5.74, 6) is -1.79. The number of fused-ring (bicyclic) bond motifs is 1. The molecular formula is C15H17ClFNO2. The summed E-state index contributed by atoms with van der Waals surface area (Å²) < 4.78 is 13.5. The van der Waals surface area contributed by atoms with E-state index in [4.69, 9.17) is 11.6 Å². The highest BCUT2D eigenvalue weighted by atomic mass is 35.5. The predicted molar refractivity (Wildman–Crippen MR) is 76.9 cm³/mol. The molecule has 1 amide bonds. The number of benzene rings is 1. The lowest BCUT2D eigenvalue weighted by Gasteiger charge is -2.16. The van der Waals surface area contributed by atoms with Gasteiger partial charge in [-0.1, -0.05) is 44.2 Å². The van der Waals surface area contributed by atoms with Crippen LogP contribution in [-0.4, -0.2) is 18.2 Å². The maximum atomic E-state index is 13.5. The van der Waals surface area contributed by atoms with Crippen molar-refractivity contribution in [3.63, 3.8) is 0 Å². The molecule has 0 radical (unpaired) electrons. The average molecular weight is 298 g/mol. The summed E-state index contributed by atoms with van der Waals surface area (Å²) in [6, 6.07) is 2.41. The number of anilines is 1. The van der Waals surface area contributed by atoms with Gasteiger partial charge in [-0.05, 0) is 18.6 Å². The Bertz CT molecular complexity index is 545. The molecule has 1 aliphatic heterocycles. The van der Waals surface area contributed by atoms with Gasteiger partial charge in [-0.3, -0.25) is 9.59 Å². The minimum absolute atomic E-state index is 0.130. The van der Waals surface area contributed by atoms with Crippen LogP contribution in [0.4, 0.5) is 10.1 Å². The van der Waals surface area contributed by atoms with E-state index in [1.165, 1.54) is 17.0 Å². The maximum Gasteiger partial charge on any atom is 0.299 e. The molecule has 1 aromatic carbocycles. The lowest BCUT2D eigenvalue weighted by Crippen LogP contribution is -2.30. The Labute approximate surface area is 122 Å². The Hall–Kier alpha value is -1.42.